The van der Waals surface area contributed by atoms with Crippen molar-refractivity contribution in [1.82, 2.24) is 5.16 Å². The summed E-state index contributed by atoms with van der Waals surface area (Å²) in [5, 5.41) is 16.3. The second-order valence-electron chi connectivity index (χ2n) is 8.33. The number of aryl methyl sites for hydroxylation is 1. The average Bonchev–Trinajstić information content (AvgIpc) is 3.23. The molecule has 0 saturated heterocycles. The molecule has 4 aromatic rings. The molecule has 37 heavy (non-hydrogen) atoms. The lowest BCUT2D eigenvalue weighted by molar-refractivity contribution is -0.136. The molecule has 8 nitrogen and oxygen atoms in total. The molecular formula is C28H25ClN2O6. The number of ether oxygens (including phenoxy) is 2. The minimum Gasteiger partial charge on any atom is -0.489 e. The second-order valence-corrected chi connectivity index (χ2v) is 8.74. The van der Waals surface area contributed by atoms with Crippen molar-refractivity contribution in [3.05, 3.63) is 100 Å². The van der Waals surface area contributed by atoms with E-state index >= 15 is 0 Å². The summed E-state index contributed by atoms with van der Waals surface area (Å²) in [6.45, 7) is 3.71. The monoisotopic (exact) mass is 520 g/mol. The van der Waals surface area contributed by atoms with Crippen LogP contribution in [0.2, 0.25) is 5.02 Å². The van der Waals surface area contributed by atoms with Crippen LogP contribution < -0.4 is 10.1 Å². The molecule has 190 valence electrons. The van der Waals surface area contributed by atoms with Gasteiger partial charge in [-0.25, -0.2) is 4.79 Å². The van der Waals surface area contributed by atoms with E-state index in [0.717, 1.165) is 5.56 Å². The number of carboxylic acid groups (broad SMARTS) is 1. The van der Waals surface area contributed by atoms with E-state index in [1.807, 2.05) is 30.3 Å². The van der Waals surface area contributed by atoms with Crippen LogP contribution in [-0.4, -0.2) is 22.3 Å². The first-order valence-electron chi connectivity index (χ1n) is 11.5. The standard InChI is InChI=1S/C28H25ClN2O6/c1-17-26(30-28(34)36-18(2)22-8-4-5-9-23(22)29)27(37-31-17)20-13-11-19(12-14-20)16-35-24-10-6-3-7-21(24)15-25(32)33/h3-14,18H,15-16H2,1-2H3,(H,30,34)(H,32,33). The van der Waals surface area contributed by atoms with E-state index < -0.39 is 18.2 Å². The Labute approximate surface area is 218 Å². The largest absolute Gasteiger partial charge is 0.489 e. The Morgan fingerprint density at radius 3 is 2.49 bits per heavy atom. The number of nitrogens with zero attached hydrogens (tertiary/aromatic N) is 1. The zero-order chi connectivity index (χ0) is 26.4. The molecule has 9 heteroatoms. The number of hydrogen-bond acceptors (Lipinski definition) is 6. The smallest absolute Gasteiger partial charge is 0.412 e. The number of anilines is 1. The van der Waals surface area contributed by atoms with E-state index in [1.165, 1.54) is 0 Å². The Hall–Kier alpha value is -4.30. The molecule has 0 fully saturated rings. The maximum absolute atomic E-state index is 12.6. The molecule has 0 aliphatic carbocycles. The van der Waals surface area contributed by atoms with Gasteiger partial charge in [0, 0.05) is 21.7 Å². The van der Waals surface area contributed by atoms with Crippen molar-refractivity contribution in [2.24, 2.45) is 0 Å². The van der Waals surface area contributed by atoms with Gasteiger partial charge >= 0.3 is 12.1 Å². The van der Waals surface area contributed by atoms with Gasteiger partial charge in [-0.2, -0.15) is 0 Å². The van der Waals surface area contributed by atoms with Crippen molar-refractivity contribution in [3.8, 4) is 17.1 Å². The van der Waals surface area contributed by atoms with E-state index in [-0.39, 0.29) is 13.0 Å². The van der Waals surface area contributed by atoms with Gasteiger partial charge in [-0.05, 0) is 31.5 Å². The number of halogens is 1. The SMILES string of the molecule is Cc1noc(-c2ccc(COc3ccccc3CC(=O)O)cc2)c1NC(=O)OC(C)c1ccccc1Cl. The summed E-state index contributed by atoms with van der Waals surface area (Å²) in [5.74, 6) is -0.00987. The second kappa shape index (κ2) is 11.6. The maximum Gasteiger partial charge on any atom is 0.412 e. The van der Waals surface area contributed by atoms with Crippen LogP contribution in [0, 0.1) is 6.92 Å². The normalized spacial score (nSPS) is 11.5. The number of carbonyl (C=O) groups excluding carboxylic acids is 1. The summed E-state index contributed by atoms with van der Waals surface area (Å²) in [4.78, 5) is 23.7. The highest BCUT2D eigenvalue weighted by molar-refractivity contribution is 6.31. The fourth-order valence-electron chi connectivity index (χ4n) is 3.74. The number of rotatable bonds is 9. The average molecular weight is 521 g/mol. The fourth-order valence-corrected chi connectivity index (χ4v) is 4.03. The molecule has 0 saturated carbocycles. The third-order valence-electron chi connectivity index (χ3n) is 5.64. The third kappa shape index (κ3) is 6.48. The van der Waals surface area contributed by atoms with Crippen LogP contribution in [0.3, 0.4) is 0 Å². The van der Waals surface area contributed by atoms with Crippen LogP contribution in [0.25, 0.3) is 11.3 Å². The lowest BCUT2D eigenvalue weighted by Gasteiger charge is -2.15. The first-order valence-corrected chi connectivity index (χ1v) is 11.9. The van der Waals surface area contributed by atoms with Gasteiger partial charge in [0.1, 0.15) is 29.8 Å². The van der Waals surface area contributed by atoms with Crippen LogP contribution in [0.1, 0.15) is 35.4 Å². The fraction of sp³-hybridized carbons (Fsp3) is 0.179. The lowest BCUT2D eigenvalue weighted by atomic mass is 10.1. The summed E-state index contributed by atoms with van der Waals surface area (Å²) < 4.78 is 16.8. The van der Waals surface area contributed by atoms with Gasteiger partial charge < -0.3 is 19.1 Å². The Kier molecular flexibility index (Phi) is 8.10. The molecular weight excluding hydrogens is 496 g/mol. The number of hydrogen-bond donors (Lipinski definition) is 2. The van der Waals surface area contributed by atoms with E-state index in [0.29, 0.717) is 44.6 Å². The number of amides is 1. The number of nitrogens with one attached hydrogen (secondary N) is 1. The molecule has 1 amide bonds. The highest BCUT2D eigenvalue weighted by Gasteiger charge is 2.20. The molecule has 0 spiro atoms. The quantitative estimate of drug-likeness (QED) is 0.249. The van der Waals surface area contributed by atoms with E-state index in [2.05, 4.69) is 10.5 Å². The zero-order valence-electron chi connectivity index (χ0n) is 20.2. The zero-order valence-corrected chi connectivity index (χ0v) is 21.0. The van der Waals surface area contributed by atoms with Crippen molar-refractivity contribution in [3.63, 3.8) is 0 Å². The van der Waals surface area contributed by atoms with Crippen molar-refractivity contribution < 1.29 is 28.7 Å². The maximum atomic E-state index is 12.6. The van der Waals surface area contributed by atoms with Crippen molar-refractivity contribution in [1.29, 1.82) is 0 Å². The van der Waals surface area contributed by atoms with Crippen molar-refractivity contribution >= 4 is 29.4 Å². The van der Waals surface area contributed by atoms with Gasteiger partial charge in [0.15, 0.2) is 5.76 Å². The molecule has 0 bridgehead atoms. The first-order chi connectivity index (χ1) is 17.8. The molecule has 3 aromatic carbocycles. The first kappa shape index (κ1) is 25.8. The van der Waals surface area contributed by atoms with E-state index in [4.69, 9.17) is 30.7 Å². The molecule has 1 atom stereocenters. The number of benzene rings is 3. The minimum absolute atomic E-state index is 0.116. The van der Waals surface area contributed by atoms with Gasteiger partial charge in [-0.1, -0.05) is 77.4 Å². The summed E-state index contributed by atoms with van der Waals surface area (Å²) in [6, 6.07) is 21.6. The number of carbonyl (C=O) groups is 2. The van der Waals surface area contributed by atoms with Gasteiger partial charge in [0.25, 0.3) is 0 Å². The van der Waals surface area contributed by atoms with Crippen molar-refractivity contribution in [2.45, 2.75) is 33.0 Å². The van der Waals surface area contributed by atoms with Gasteiger partial charge in [-0.15, -0.1) is 0 Å². The summed E-state index contributed by atoms with van der Waals surface area (Å²) in [5.41, 5.74) is 3.78. The van der Waals surface area contributed by atoms with Crippen molar-refractivity contribution in [2.75, 3.05) is 5.32 Å². The molecule has 4 rings (SSSR count). The van der Waals surface area contributed by atoms with Crippen LogP contribution in [0.5, 0.6) is 5.75 Å². The third-order valence-corrected chi connectivity index (χ3v) is 5.99. The number of para-hydroxylation sites is 1. The summed E-state index contributed by atoms with van der Waals surface area (Å²) >= 11 is 6.20. The molecule has 1 heterocycles. The number of carboxylic acids is 1. The van der Waals surface area contributed by atoms with Gasteiger partial charge in [0.2, 0.25) is 0 Å². The number of aliphatic carboxylic acids is 1. The highest BCUT2D eigenvalue weighted by Crippen LogP contribution is 2.32. The summed E-state index contributed by atoms with van der Waals surface area (Å²) in [7, 11) is 0. The van der Waals surface area contributed by atoms with Crippen LogP contribution in [-0.2, 0) is 22.6 Å². The Bertz CT molecular complexity index is 1400. The van der Waals surface area contributed by atoms with Crippen LogP contribution in [0.4, 0.5) is 10.5 Å². The Balaban J connectivity index is 1.42. The molecule has 0 aliphatic rings. The van der Waals surface area contributed by atoms with Gasteiger partial charge in [0.05, 0.1) is 6.42 Å². The van der Waals surface area contributed by atoms with Crippen LogP contribution >= 0.6 is 11.6 Å². The molecule has 1 unspecified atom stereocenters. The summed E-state index contributed by atoms with van der Waals surface area (Å²) in [6.07, 6.45) is -1.34. The minimum atomic E-state index is -0.922. The Morgan fingerprint density at radius 2 is 1.76 bits per heavy atom. The van der Waals surface area contributed by atoms with E-state index in [1.54, 1.807) is 56.3 Å². The van der Waals surface area contributed by atoms with Crippen LogP contribution in [0.15, 0.2) is 77.3 Å². The van der Waals surface area contributed by atoms with E-state index in [9.17, 15) is 9.59 Å². The molecule has 0 radical (unpaired) electrons. The predicted molar refractivity (Wildman–Crippen MR) is 139 cm³/mol. The molecule has 2 N–H and O–H groups in total. The molecule has 0 aliphatic heterocycles. The Morgan fingerprint density at radius 1 is 1.05 bits per heavy atom. The lowest BCUT2D eigenvalue weighted by Crippen LogP contribution is -2.17. The topological polar surface area (TPSA) is 111 Å². The van der Waals surface area contributed by atoms with Gasteiger partial charge in [-0.3, -0.25) is 10.1 Å². The highest BCUT2D eigenvalue weighted by atomic mass is 35.5. The molecule has 1 aromatic heterocycles. The number of aromatic nitrogens is 1. The predicted octanol–water partition coefficient (Wildman–Crippen LogP) is 6.82.